The second kappa shape index (κ2) is 15.2. The molecule has 154 valence electrons. The number of aliphatic hydroxyl groups is 2. The van der Waals surface area contributed by atoms with Crippen LogP contribution in [0, 0.1) is 5.41 Å². The topological polar surface area (TPSA) is 83.6 Å². The molecule has 0 aromatic heterocycles. The highest BCUT2D eigenvalue weighted by molar-refractivity contribution is 5.82. The quantitative estimate of drug-likeness (QED) is 0.253. The zero-order valence-electron chi connectivity index (χ0n) is 17.4. The highest BCUT2D eigenvalue weighted by Crippen LogP contribution is 2.33. The van der Waals surface area contributed by atoms with Crippen LogP contribution in [0.4, 0.5) is 0 Å². The summed E-state index contributed by atoms with van der Waals surface area (Å²) >= 11 is 0. The van der Waals surface area contributed by atoms with Crippen LogP contribution in [0.1, 0.15) is 104 Å². The van der Waals surface area contributed by atoms with Crippen molar-refractivity contribution in [2.75, 3.05) is 0 Å². The SMILES string of the molecule is CCCCCCCCC=CCCCCCCC(C(N)=O)(C(C)O)C(C)O. The van der Waals surface area contributed by atoms with E-state index < -0.39 is 23.5 Å². The van der Waals surface area contributed by atoms with Crippen molar-refractivity contribution < 1.29 is 15.0 Å². The van der Waals surface area contributed by atoms with Gasteiger partial charge < -0.3 is 15.9 Å². The fourth-order valence-corrected chi connectivity index (χ4v) is 3.61. The van der Waals surface area contributed by atoms with Crippen molar-refractivity contribution in [3.63, 3.8) is 0 Å². The van der Waals surface area contributed by atoms with Crippen LogP contribution in [0.25, 0.3) is 0 Å². The Morgan fingerprint density at radius 3 is 1.69 bits per heavy atom. The summed E-state index contributed by atoms with van der Waals surface area (Å²) in [6.45, 7) is 5.31. The number of unbranched alkanes of at least 4 members (excludes halogenated alkanes) is 10. The Kier molecular flexibility index (Phi) is 14.7. The van der Waals surface area contributed by atoms with Gasteiger partial charge in [-0.25, -0.2) is 0 Å². The first-order valence-electron chi connectivity index (χ1n) is 10.7. The van der Waals surface area contributed by atoms with Gasteiger partial charge in [0, 0.05) is 0 Å². The van der Waals surface area contributed by atoms with Gasteiger partial charge in [0.1, 0.15) is 0 Å². The summed E-state index contributed by atoms with van der Waals surface area (Å²) in [4.78, 5) is 11.8. The Bertz CT molecular complexity index is 370. The van der Waals surface area contributed by atoms with Gasteiger partial charge in [-0.15, -0.1) is 0 Å². The molecular formula is C22H43NO3. The maximum absolute atomic E-state index is 11.8. The lowest BCUT2D eigenvalue weighted by Crippen LogP contribution is -2.52. The lowest BCUT2D eigenvalue weighted by Gasteiger charge is -2.36. The molecule has 0 saturated carbocycles. The third kappa shape index (κ3) is 9.72. The number of carbonyl (C=O) groups is 1. The average molecular weight is 370 g/mol. The molecule has 4 N–H and O–H groups in total. The second-order valence-electron chi connectivity index (χ2n) is 7.74. The van der Waals surface area contributed by atoms with Crippen molar-refractivity contribution in [1.82, 2.24) is 0 Å². The Balaban J connectivity index is 3.77. The smallest absolute Gasteiger partial charge is 0.228 e. The largest absolute Gasteiger partial charge is 0.392 e. The molecule has 26 heavy (non-hydrogen) atoms. The molecule has 0 saturated heterocycles. The van der Waals surface area contributed by atoms with Gasteiger partial charge in [-0.3, -0.25) is 4.79 Å². The molecule has 0 bridgehead atoms. The van der Waals surface area contributed by atoms with Crippen molar-refractivity contribution in [3.8, 4) is 0 Å². The van der Waals surface area contributed by atoms with Crippen LogP contribution in [0.2, 0.25) is 0 Å². The van der Waals surface area contributed by atoms with Crippen molar-refractivity contribution >= 4 is 5.91 Å². The Morgan fingerprint density at radius 2 is 1.27 bits per heavy atom. The lowest BCUT2D eigenvalue weighted by molar-refractivity contribution is -0.145. The standard InChI is InChI=1S/C22H43NO3/c1-4-5-6-7-8-9-10-11-12-13-14-15-16-17-18-22(19(2)24,20(3)25)21(23)26/h11-12,19-20,24-25H,4-10,13-18H2,1-3H3,(H2,23,26). The number of aliphatic hydroxyl groups excluding tert-OH is 2. The number of nitrogens with two attached hydrogens (primary N) is 1. The maximum atomic E-state index is 11.8. The van der Waals surface area contributed by atoms with Gasteiger partial charge in [-0.1, -0.05) is 70.4 Å². The van der Waals surface area contributed by atoms with Gasteiger partial charge in [0.2, 0.25) is 5.91 Å². The molecule has 4 heteroatoms. The monoisotopic (exact) mass is 369 g/mol. The van der Waals surface area contributed by atoms with E-state index in [0.717, 1.165) is 32.1 Å². The van der Waals surface area contributed by atoms with Gasteiger partial charge >= 0.3 is 0 Å². The Labute approximate surface area is 161 Å². The first-order chi connectivity index (χ1) is 12.4. The van der Waals surface area contributed by atoms with Crippen LogP contribution in [-0.4, -0.2) is 28.3 Å². The molecule has 0 radical (unpaired) electrons. The zero-order chi connectivity index (χ0) is 19.8. The molecule has 0 fully saturated rings. The molecule has 0 aliphatic heterocycles. The zero-order valence-corrected chi connectivity index (χ0v) is 17.4. The first-order valence-corrected chi connectivity index (χ1v) is 10.7. The predicted octanol–water partition coefficient (Wildman–Crippen LogP) is 4.87. The fraction of sp³-hybridized carbons (Fsp3) is 0.864. The summed E-state index contributed by atoms with van der Waals surface area (Å²) in [6.07, 6.45) is 17.5. The van der Waals surface area contributed by atoms with Gasteiger partial charge in [0.05, 0.1) is 17.6 Å². The van der Waals surface area contributed by atoms with Crippen molar-refractivity contribution in [2.45, 2.75) is 116 Å². The highest BCUT2D eigenvalue weighted by atomic mass is 16.3. The van der Waals surface area contributed by atoms with Crippen LogP contribution >= 0.6 is 0 Å². The average Bonchev–Trinajstić information content (AvgIpc) is 2.57. The molecule has 2 atom stereocenters. The molecule has 0 aliphatic carbocycles. The maximum Gasteiger partial charge on any atom is 0.228 e. The van der Waals surface area contributed by atoms with E-state index in [1.54, 1.807) is 0 Å². The van der Waals surface area contributed by atoms with E-state index in [0.29, 0.717) is 6.42 Å². The van der Waals surface area contributed by atoms with E-state index in [4.69, 9.17) is 5.73 Å². The van der Waals surface area contributed by atoms with Crippen LogP contribution in [0.15, 0.2) is 12.2 Å². The van der Waals surface area contributed by atoms with Gasteiger partial charge in [0.15, 0.2) is 0 Å². The Hall–Kier alpha value is -0.870. The number of amides is 1. The number of hydrogen-bond donors (Lipinski definition) is 3. The van der Waals surface area contributed by atoms with E-state index in [9.17, 15) is 15.0 Å². The van der Waals surface area contributed by atoms with E-state index in [-0.39, 0.29) is 0 Å². The van der Waals surface area contributed by atoms with Crippen LogP contribution < -0.4 is 5.73 Å². The number of allylic oxidation sites excluding steroid dienone is 2. The van der Waals surface area contributed by atoms with E-state index in [2.05, 4.69) is 19.1 Å². The summed E-state index contributed by atoms with van der Waals surface area (Å²) < 4.78 is 0. The number of rotatable bonds is 17. The van der Waals surface area contributed by atoms with Gasteiger partial charge in [-0.05, 0) is 46.0 Å². The van der Waals surface area contributed by atoms with Crippen molar-refractivity contribution in [1.29, 1.82) is 0 Å². The van der Waals surface area contributed by atoms with Gasteiger partial charge in [-0.2, -0.15) is 0 Å². The molecule has 0 heterocycles. The minimum atomic E-state index is -1.23. The minimum Gasteiger partial charge on any atom is -0.392 e. The highest BCUT2D eigenvalue weighted by Gasteiger charge is 2.45. The molecule has 2 unspecified atom stereocenters. The minimum absolute atomic E-state index is 0.436. The normalized spacial score (nSPS) is 16.5. The second-order valence-corrected chi connectivity index (χ2v) is 7.74. The van der Waals surface area contributed by atoms with E-state index in [1.165, 1.54) is 58.8 Å². The number of carbonyl (C=O) groups excluding carboxylic acids is 1. The molecular weight excluding hydrogens is 326 g/mol. The van der Waals surface area contributed by atoms with E-state index in [1.807, 2.05) is 0 Å². The van der Waals surface area contributed by atoms with Crippen molar-refractivity contribution in [2.24, 2.45) is 11.1 Å². The van der Waals surface area contributed by atoms with Crippen LogP contribution in [-0.2, 0) is 4.79 Å². The van der Waals surface area contributed by atoms with E-state index >= 15 is 0 Å². The molecule has 0 aromatic rings. The summed E-state index contributed by atoms with van der Waals surface area (Å²) in [6, 6.07) is 0. The summed E-state index contributed by atoms with van der Waals surface area (Å²) in [5.41, 5.74) is 4.23. The van der Waals surface area contributed by atoms with Crippen LogP contribution in [0.5, 0.6) is 0 Å². The molecule has 0 rings (SSSR count). The van der Waals surface area contributed by atoms with Crippen molar-refractivity contribution in [3.05, 3.63) is 12.2 Å². The third-order valence-electron chi connectivity index (χ3n) is 5.55. The lowest BCUT2D eigenvalue weighted by atomic mass is 9.73. The van der Waals surface area contributed by atoms with Gasteiger partial charge in [0.25, 0.3) is 0 Å². The molecule has 0 spiro atoms. The predicted molar refractivity (Wildman–Crippen MR) is 110 cm³/mol. The third-order valence-corrected chi connectivity index (χ3v) is 5.55. The number of hydrogen-bond acceptors (Lipinski definition) is 3. The molecule has 1 amide bonds. The number of primary amides is 1. The Morgan fingerprint density at radius 1 is 0.846 bits per heavy atom. The molecule has 0 aliphatic rings. The summed E-state index contributed by atoms with van der Waals surface area (Å²) in [5, 5.41) is 19.9. The van der Waals surface area contributed by atoms with Crippen LogP contribution in [0.3, 0.4) is 0 Å². The molecule has 0 aromatic carbocycles. The summed E-state index contributed by atoms with van der Waals surface area (Å²) in [7, 11) is 0. The summed E-state index contributed by atoms with van der Waals surface area (Å²) in [5.74, 6) is -0.611. The fourth-order valence-electron chi connectivity index (χ4n) is 3.61. The molecule has 4 nitrogen and oxygen atoms in total. The first kappa shape index (κ1) is 25.1.